The van der Waals surface area contributed by atoms with Crippen molar-refractivity contribution in [2.45, 2.75) is 13.0 Å². The molecule has 1 unspecified atom stereocenters. The minimum Gasteiger partial charge on any atom is -0.466 e. The summed E-state index contributed by atoms with van der Waals surface area (Å²) in [6, 6.07) is 7.69. The Morgan fingerprint density at radius 1 is 1.22 bits per heavy atom. The second-order valence-electron chi connectivity index (χ2n) is 7.83. The zero-order valence-corrected chi connectivity index (χ0v) is 21.2. The van der Waals surface area contributed by atoms with Gasteiger partial charge in [0.15, 0.2) is 22.5 Å². The van der Waals surface area contributed by atoms with Crippen molar-refractivity contribution in [3.8, 4) is 0 Å². The number of nitrogens with zero attached hydrogens (tertiary/aromatic N) is 3. The Morgan fingerprint density at radius 3 is 2.54 bits per heavy atom. The van der Waals surface area contributed by atoms with Gasteiger partial charge in [-0.15, -0.1) is 11.3 Å². The average Bonchev–Trinajstić information content (AvgIpc) is 3.44. The third-order valence-electron chi connectivity index (χ3n) is 5.62. The summed E-state index contributed by atoms with van der Waals surface area (Å²) in [5.41, 5.74) is 1.43. The number of thiazole rings is 1. The Morgan fingerprint density at radius 2 is 1.95 bits per heavy atom. The third kappa shape index (κ3) is 5.24. The van der Waals surface area contributed by atoms with Crippen LogP contribution in [-0.2, 0) is 14.3 Å². The van der Waals surface area contributed by atoms with Crippen LogP contribution in [0.2, 0.25) is 5.02 Å². The Bertz CT molecular complexity index is 1390. The van der Waals surface area contributed by atoms with E-state index in [0.717, 1.165) is 6.07 Å². The first-order valence-corrected chi connectivity index (χ1v) is 12.2. The van der Waals surface area contributed by atoms with E-state index < -0.39 is 28.7 Å². The SMILES string of the molecule is COC(=O)C1=C(c2ccc(N(CCO)C(C)=O)cc2)NC(c2nccs2)=NC1c1ccc(F)c(F)c1Cl. The number of rotatable bonds is 7. The summed E-state index contributed by atoms with van der Waals surface area (Å²) in [5.74, 6) is -3.11. The highest BCUT2D eigenvalue weighted by Crippen LogP contribution is 2.40. The van der Waals surface area contributed by atoms with Gasteiger partial charge in [0.1, 0.15) is 6.04 Å². The molecule has 8 nitrogen and oxygen atoms in total. The highest BCUT2D eigenvalue weighted by Gasteiger charge is 2.35. The third-order valence-corrected chi connectivity index (χ3v) is 6.78. The number of aromatic nitrogens is 1. The summed E-state index contributed by atoms with van der Waals surface area (Å²) in [6.45, 7) is 1.28. The molecule has 0 saturated heterocycles. The van der Waals surface area contributed by atoms with Crippen molar-refractivity contribution in [1.82, 2.24) is 10.3 Å². The molecule has 0 radical (unpaired) electrons. The fourth-order valence-electron chi connectivity index (χ4n) is 3.90. The zero-order valence-electron chi connectivity index (χ0n) is 19.7. The summed E-state index contributed by atoms with van der Waals surface area (Å²) in [6.07, 6.45) is 1.58. The summed E-state index contributed by atoms with van der Waals surface area (Å²) in [7, 11) is 1.19. The molecule has 0 fully saturated rings. The van der Waals surface area contributed by atoms with Crippen molar-refractivity contribution in [2.24, 2.45) is 4.99 Å². The van der Waals surface area contributed by atoms with Gasteiger partial charge in [-0.2, -0.15) is 0 Å². The van der Waals surface area contributed by atoms with Gasteiger partial charge in [0.25, 0.3) is 0 Å². The number of nitrogens with one attached hydrogen (secondary N) is 1. The van der Waals surface area contributed by atoms with Crippen molar-refractivity contribution >= 4 is 52.0 Å². The minimum absolute atomic E-state index is 0.0160. The smallest absolute Gasteiger partial charge is 0.338 e. The first-order chi connectivity index (χ1) is 17.8. The molecule has 0 aliphatic carbocycles. The van der Waals surface area contributed by atoms with Gasteiger partial charge < -0.3 is 20.1 Å². The molecular weight excluding hydrogens is 526 g/mol. The lowest BCUT2D eigenvalue weighted by Gasteiger charge is -2.28. The second kappa shape index (κ2) is 11.2. The van der Waals surface area contributed by atoms with Crippen LogP contribution >= 0.6 is 22.9 Å². The molecule has 1 aliphatic rings. The number of aliphatic hydroxyl groups excluding tert-OH is 1. The van der Waals surface area contributed by atoms with Crippen LogP contribution in [-0.4, -0.2) is 48.1 Å². The molecule has 2 N–H and O–H groups in total. The van der Waals surface area contributed by atoms with Gasteiger partial charge in [0, 0.05) is 36.3 Å². The number of esters is 1. The maximum absolute atomic E-state index is 14.4. The van der Waals surface area contributed by atoms with Gasteiger partial charge in [-0.25, -0.2) is 18.6 Å². The zero-order chi connectivity index (χ0) is 26.7. The number of amides is 1. The van der Waals surface area contributed by atoms with Crippen LogP contribution in [0, 0.1) is 11.6 Å². The number of hydrogen-bond acceptors (Lipinski definition) is 8. The number of hydrogen-bond donors (Lipinski definition) is 2. The maximum atomic E-state index is 14.4. The van der Waals surface area contributed by atoms with Crippen LogP contribution in [0.3, 0.4) is 0 Å². The van der Waals surface area contributed by atoms with Gasteiger partial charge in [0.05, 0.1) is 30.0 Å². The van der Waals surface area contributed by atoms with Crippen LogP contribution in [0.15, 0.2) is 58.5 Å². The standard InChI is InChI=1S/C25H21ClF2N4O4S/c1-13(34)32(10-11-33)15-5-3-14(4-6-15)21-18(25(35)36-2)22(16-7-8-17(27)20(28)19(16)26)31-23(30-21)24-29-9-12-37-24/h3-9,12,22,33H,10-11H2,1-2H3,(H,30,31). The van der Waals surface area contributed by atoms with Gasteiger partial charge in [-0.05, 0) is 23.8 Å². The first-order valence-electron chi connectivity index (χ1n) is 11.0. The van der Waals surface area contributed by atoms with Crippen molar-refractivity contribution < 1.29 is 28.2 Å². The van der Waals surface area contributed by atoms with E-state index in [2.05, 4.69) is 15.3 Å². The largest absolute Gasteiger partial charge is 0.466 e. The predicted octanol–water partition coefficient (Wildman–Crippen LogP) is 4.10. The number of benzene rings is 2. The molecule has 0 saturated carbocycles. The molecule has 2 aromatic carbocycles. The van der Waals surface area contributed by atoms with Gasteiger partial charge in [-0.3, -0.25) is 9.79 Å². The highest BCUT2D eigenvalue weighted by atomic mass is 35.5. The number of carbonyl (C=O) groups is 2. The molecule has 1 aliphatic heterocycles. The van der Waals surface area contributed by atoms with Crippen LogP contribution in [0.4, 0.5) is 14.5 Å². The predicted molar refractivity (Wildman–Crippen MR) is 136 cm³/mol. The van der Waals surface area contributed by atoms with Crippen molar-refractivity contribution in [3.63, 3.8) is 0 Å². The van der Waals surface area contributed by atoms with E-state index in [4.69, 9.17) is 16.3 Å². The number of aliphatic imine (C=N–C) groups is 1. The van der Waals surface area contributed by atoms with E-state index in [9.17, 15) is 23.5 Å². The molecule has 0 spiro atoms. The lowest BCUT2D eigenvalue weighted by Crippen LogP contribution is -2.33. The quantitative estimate of drug-likeness (QED) is 0.342. The summed E-state index contributed by atoms with van der Waals surface area (Å²) >= 11 is 7.46. The van der Waals surface area contributed by atoms with Crippen LogP contribution in [0.25, 0.3) is 5.70 Å². The van der Waals surface area contributed by atoms with E-state index in [1.54, 1.807) is 35.8 Å². The number of amidine groups is 1. The first kappa shape index (κ1) is 26.4. The van der Waals surface area contributed by atoms with Crippen LogP contribution < -0.4 is 10.2 Å². The molecule has 1 aromatic heterocycles. The Labute approximate surface area is 219 Å². The fourth-order valence-corrected chi connectivity index (χ4v) is 4.75. The molecule has 1 atom stereocenters. The van der Waals surface area contributed by atoms with E-state index in [0.29, 0.717) is 22.0 Å². The second-order valence-corrected chi connectivity index (χ2v) is 9.10. The molecular formula is C25H21ClF2N4O4S. The topological polar surface area (TPSA) is 104 Å². The molecule has 4 rings (SSSR count). The Kier molecular flexibility index (Phi) is 7.96. The Balaban J connectivity index is 1.90. The highest BCUT2D eigenvalue weighted by molar-refractivity contribution is 7.11. The van der Waals surface area contributed by atoms with Gasteiger partial charge in [-0.1, -0.05) is 29.8 Å². The van der Waals surface area contributed by atoms with Crippen molar-refractivity contribution in [3.05, 3.63) is 86.3 Å². The number of aliphatic hydroxyl groups is 1. The van der Waals surface area contributed by atoms with Crippen LogP contribution in [0.5, 0.6) is 0 Å². The Hall–Kier alpha value is -3.67. The number of halogens is 3. The van der Waals surface area contributed by atoms with E-state index >= 15 is 0 Å². The average molecular weight is 547 g/mol. The normalized spacial score (nSPS) is 15.2. The minimum atomic E-state index is -1.26. The summed E-state index contributed by atoms with van der Waals surface area (Å²) in [5, 5.41) is 14.2. The molecule has 0 bridgehead atoms. The monoisotopic (exact) mass is 546 g/mol. The van der Waals surface area contributed by atoms with E-state index in [1.807, 2.05) is 0 Å². The number of carbonyl (C=O) groups excluding carboxylic acids is 2. The molecule has 1 amide bonds. The molecule has 3 aromatic rings. The number of ether oxygens (including phenoxy) is 1. The van der Waals surface area contributed by atoms with Crippen molar-refractivity contribution in [2.75, 3.05) is 25.2 Å². The van der Waals surface area contributed by atoms with Gasteiger partial charge >= 0.3 is 5.97 Å². The maximum Gasteiger partial charge on any atom is 0.338 e. The lowest BCUT2D eigenvalue weighted by molar-refractivity contribution is -0.136. The molecule has 192 valence electrons. The fraction of sp³-hybridized carbons (Fsp3) is 0.200. The van der Waals surface area contributed by atoms with E-state index in [-0.39, 0.29) is 36.0 Å². The van der Waals surface area contributed by atoms with E-state index in [1.165, 1.54) is 36.3 Å². The molecule has 12 heteroatoms. The van der Waals surface area contributed by atoms with Gasteiger partial charge in [0.2, 0.25) is 5.91 Å². The molecule has 2 heterocycles. The summed E-state index contributed by atoms with van der Waals surface area (Å²) in [4.78, 5) is 35.3. The molecule has 37 heavy (non-hydrogen) atoms. The number of anilines is 1. The summed E-state index contributed by atoms with van der Waals surface area (Å²) < 4.78 is 33.3. The lowest BCUT2D eigenvalue weighted by atomic mass is 9.92. The van der Waals surface area contributed by atoms with Crippen LogP contribution in [0.1, 0.15) is 29.1 Å². The van der Waals surface area contributed by atoms with Crippen molar-refractivity contribution in [1.29, 1.82) is 0 Å². The number of methoxy groups -OCH3 is 1.